The number of hydrogen-bond donors (Lipinski definition) is 0. The average molecular weight is 475 g/mol. The van der Waals surface area contributed by atoms with Gasteiger partial charge < -0.3 is 13.8 Å². The minimum absolute atomic E-state index is 0.133. The van der Waals surface area contributed by atoms with E-state index in [0.29, 0.717) is 0 Å². The lowest BCUT2D eigenvalue weighted by Gasteiger charge is -2.33. The van der Waals surface area contributed by atoms with Crippen LogP contribution >= 0.6 is 7.60 Å². The first-order valence-corrected chi connectivity index (χ1v) is 13.4. The molecule has 1 aromatic carbocycles. The van der Waals surface area contributed by atoms with Crippen LogP contribution in [-0.2, 0) is 29.6 Å². The summed E-state index contributed by atoms with van der Waals surface area (Å²) in [6.45, 7) is 16.4. The molecule has 33 heavy (non-hydrogen) atoms. The van der Waals surface area contributed by atoms with E-state index < -0.39 is 18.7 Å². The highest BCUT2D eigenvalue weighted by Crippen LogP contribution is 2.68. The van der Waals surface area contributed by atoms with Crippen molar-refractivity contribution in [3.8, 4) is 0 Å². The van der Waals surface area contributed by atoms with Crippen LogP contribution in [0.1, 0.15) is 58.9 Å². The molecular weight excluding hydrogens is 435 g/mol. The molecule has 0 bridgehead atoms. The molecule has 1 aliphatic rings. The smallest absolute Gasteiger partial charge is 0.348 e. The van der Waals surface area contributed by atoms with Crippen molar-refractivity contribution >= 4 is 13.6 Å². The van der Waals surface area contributed by atoms with Gasteiger partial charge in [-0.15, -0.1) is 0 Å². The number of ether oxygens (including phenoxy) is 1. The normalized spacial score (nSPS) is 21.3. The Bertz CT molecular complexity index is 894. The van der Waals surface area contributed by atoms with Crippen LogP contribution in [-0.4, -0.2) is 30.9 Å². The van der Waals surface area contributed by atoms with Gasteiger partial charge in [0.05, 0.1) is 19.8 Å². The Kier molecular flexibility index (Phi) is 10.3. The van der Waals surface area contributed by atoms with Crippen molar-refractivity contribution in [3.05, 3.63) is 71.8 Å². The van der Waals surface area contributed by atoms with Gasteiger partial charge in [-0.2, -0.15) is 0 Å². The van der Waals surface area contributed by atoms with Crippen LogP contribution in [0.4, 0.5) is 0 Å². The Labute approximate surface area is 199 Å². The number of hydrogen-bond acceptors (Lipinski definition) is 5. The molecule has 0 aliphatic heterocycles. The van der Waals surface area contributed by atoms with E-state index in [1.807, 2.05) is 6.07 Å². The third kappa shape index (κ3) is 6.56. The summed E-state index contributed by atoms with van der Waals surface area (Å²) in [7, 11) is -3.77. The predicted octanol–water partition coefficient (Wildman–Crippen LogP) is 7.05. The van der Waals surface area contributed by atoms with Crippen LogP contribution in [0, 0.1) is 5.92 Å². The standard InChI is InChI=1S/C27H39O5P/c1-7-30-26(28)27(33(29,31-8-2)32-9-3)19-23(6)25(20-27)22(5)15-13-14-21(4)18-24-16-11-10-12-17-24/h10-12,14,16-17,25H,5-9,13,15,18-20H2,1-4H3/b21-14+/t25-,27+/m0/s1. The second-order valence-corrected chi connectivity index (χ2v) is 11.0. The van der Waals surface area contributed by atoms with Crippen molar-refractivity contribution in [2.24, 2.45) is 5.92 Å². The zero-order chi connectivity index (χ0) is 24.5. The summed E-state index contributed by atoms with van der Waals surface area (Å²) in [5.41, 5.74) is 4.40. The molecule has 1 aliphatic carbocycles. The topological polar surface area (TPSA) is 61.8 Å². The molecule has 0 N–H and O–H groups in total. The molecule has 5 nitrogen and oxygen atoms in total. The zero-order valence-corrected chi connectivity index (χ0v) is 21.5. The Morgan fingerprint density at radius 2 is 1.79 bits per heavy atom. The summed E-state index contributed by atoms with van der Waals surface area (Å²) in [5, 5.41) is -1.38. The number of esters is 1. The second kappa shape index (κ2) is 12.5. The van der Waals surface area contributed by atoms with Gasteiger partial charge >= 0.3 is 13.6 Å². The van der Waals surface area contributed by atoms with Gasteiger partial charge in [-0.25, -0.2) is 0 Å². The Morgan fingerprint density at radius 3 is 2.36 bits per heavy atom. The maximum absolute atomic E-state index is 13.8. The number of allylic oxidation sites excluding steroid dienone is 4. The van der Waals surface area contributed by atoms with Crippen molar-refractivity contribution in [1.29, 1.82) is 0 Å². The zero-order valence-electron chi connectivity index (χ0n) is 20.6. The van der Waals surface area contributed by atoms with Gasteiger partial charge in [-0.1, -0.05) is 66.3 Å². The van der Waals surface area contributed by atoms with E-state index in [1.165, 1.54) is 11.1 Å². The van der Waals surface area contributed by atoms with Crippen LogP contribution in [0.15, 0.2) is 66.3 Å². The molecule has 1 saturated carbocycles. The maximum atomic E-state index is 13.8. The lowest BCUT2D eigenvalue weighted by molar-refractivity contribution is -0.147. The highest BCUT2D eigenvalue weighted by atomic mass is 31.2. The van der Waals surface area contributed by atoms with E-state index in [-0.39, 0.29) is 38.6 Å². The lowest BCUT2D eigenvalue weighted by atomic mass is 9.91. The molecule has 0 saturated heterocycles. The van der Waals surface area contributed by atoms with Gasteiger partial charge in [0, 0.05) is 5.92 Å². The third-order valence-electron chi connectivity index (χ3n) is 6.11. The van der Waals surface area contributed by atoms with Gasteiger partial charge in [0.1, 0.15) is 0 Å². The van der Waals surface area contributed by atoms with E-state index >= 15 is 0 Å². The van der Waals surface area contributed by atoms with Crippen molar-refractivity contribution in [3.63, 3.8) is 0 Å². The summed E-state index contributed by atoms with van der Waals surface area (Å²) in [6.07, 6.45) is 5.27. The summed E-state index contributed by atoms with van der Waals surface area (Å²) in [4.78, 5) is 13.1. The monoisotopic (exact) mass is 474 g/mol. The molecule has 1 fully saturated rings. The highest BCUT2D eigenvalue weighted by Gasteiger charge is 2.62. The fraction of sp³-hybridized carbons (Fsp3) is 0.519. The maximum Gasteiger partial charge on any atom is 0.348 e. The quantitative estimate of drug-likeness (QED) is 0.174. The van der Waals surface area contributed by atoms with Gasteiger partial charge in [-0.05, 0) is 65.4 Å². The molecule has 0 radical (unpaired) electrons. The van der Waals surface area contributed by atoms with E-state index in [1.54, 1.807) is 20.8 Å². The third-order valence-corrected chi connectivity index (χ3v) is 8.88. The molecule has 0 spiro atoms. The number of carbonyl (C=O) groups excluding carboxylic acids is 1. The van der Waals surface area contributed by atoms with Gasteiger partial charge in [0.2, 0.25) is 0 Å². The first kappa shape index (κ1) is 27.3. The minimum atomic E-state index is -3.77. The fourth-order valence-electron chi connectivity index (χ4n) is 4.52. The van der Waals surface area contributed by atoms with Crippen LogP contribution in [0.5, 0.6) is 0 Å². The summed E-state index contributed by atoms with van der Waals surface area (Å²) >= 11 is 0. The molecule has 1 aromatic rings. The summed E-state index contributed by atoms with van der Waals surface area (Å²) in [5.74, 6) is -0.670. The average Bonchev–Trinajstić information content (AvgIpc) is 3.14. The molecule has 0 aromatic heterocycles. The number of benzene rings is 1. The molecule has 2 atom stereocenters. The first-order valence-electron chi connectivity index (χ1n) is 11.8. The second-order valence-electron chi connectivity index (χ2n) is 8.59. The van der Waals surface area contributed by atoms with Crippen LogP contribution < -0.4 is 0 Å². The largest absolute Gasteiger partial charge is 0.465 e. The van der Waals surface area contributed by atoms with Gasteiger partial charge in [0.25, 0.3) is 0 Å². The molecule has 0 amide bonds. The van der Waals surface area contributed by atoms with Crippen LogP contribution in [0.2, 0.25) is 0 Å². The molecule has 2 rings (SSSR count). The SMILES string of the molecule is C=C(CC/C=C(\C)Cc1ccccc1)[C@@H]1C[C@](C(=O)OCC)(P(=O)(OCC)OCC)CC1=C. The molecular formula is C27H39O5P. The Hall–Kier alpha value is -1.94. The lowest BCUT2D eigenvalue weighted by Crippen LogP contribution is -2.39. The van der Waals surface area contributed by atoms with Crippen molar-refractivity contribution in [2.45, 2.75) is 65.0 Å². The number of carbonyl (C=O) groups is 1. The van der Waals surface area contributed by atoms with Crippen molar-refractivity contribution in [2.75, 3.05) is 19.8 Å². The molecule has 0 unspecified atom stereocenters. The van der Waals surface area contributed by atoms with Gasteiger partial charge in [-0.3, -0.25) is 9.36 Å². The van der Waals surface area contributed by atoms with E-state index in [9.17, 15) is 9.36 Å². The van der Waals surface area contributed by atoms with E-state index in [0.717, 1.165) is 30.4 Å². The number of rotatable bonds is 13. The summed E-state index contributed by atoms with van der Waals surface area (Å²) < 4.78 is 30.4. The summed E-state index contributed by atoms with van der Waals surface area (Å²) in [6, 6.07) is 10.4. The molecule has 182 valence electrons. The van der Waals surface area contributed by atoms with E-state index in [4.69, 9.17) is 13.8 Å². The first-order chi connectivity index (χ1) is 15.7. The predicted molar refractivity (Wildman–Crippen MR) is 134 cm³/mol. The molecule has 0 heterocycles. The Morgan fingerprint density at radius 1 is 1.15 bits per heavy atom. The fourth-order valence-corrected chi connectivity index (χ4v) is 6.86. The Balaban J connectivity index is 2.14. The minimum Gasteiger partial charge on any atom is -0.465 e. The highest BCUT2D eigenvalue weighted by molar-refractivity contribution is 7.56. The van der Waals surface area contributed by atoms with Gasteiger partial charge in [0.15, 0.2) is 5.16 Å². The van der Waals surface area contributed by atoms with E-state index in [2.05, 4.69) is 50.4 Å². The van der Waals surface area contributed by atoms with Crippen LogP contribution in [0.25, 0.3) is 0 Å². The van der Waals surface area contributed by atoms with Crippen molar-refractivity contribution in [1.82, 2.24) is 0 Å². The van der Waals surface area contributed by atoms with Crippen LogP contribution in [0.3, 0.4) is 0 Å². The van der Waals surface area contributed by atoms with Crippen molar-refractivity contribution < 1.29 is 23.1 Å². The molecule has 6 heteroatoms.